The summed E-state index contributed by atoms with van der Waals surface area (Å²) in [5, 5.41) is 26.4. The minimum atomic E-state index is -1.30. The zero-order valence-corrected chi connectivity index (χ0v) is 17.4. The summed E-state index contributed by atoms with van der Waals surface area (Å²) in [6.45, 7) is 0. The van der Waals surface area contributed by atoms with Gasteiger partial charge >= 0.3 is 0 Å². The Morgan fingerprint density at radius 1 is 1.15 bits per heavy atom. The Bertz CT molecular complexity index is 1380. The number of aliphatic hydroxyl groups is 1. The van der Waals surface area contributed by atoms with Crippen LogP contribution in [0, 0.1) is 10.1 Å². The normalized spacial score (nSPS) is 12.4. The Labute approximate surface area is 187 Å². The van der Waals surface area contributed by atoms with Crippen molar-refractivity contribution in [2.45, 2.75) is 6.10 Å². The molecule has 0 amide bonds. The zero-order chi connectivity index (χ0) is 23.4. The molecule has 0 radical (unpaired) electrons. The van der Waals surface area contributed by atoms with Gasteiger partial charge in [0.05, 0.1) is 28.8 Å². The van der Waals surface area contributed by atoms with E-state index < -0.39 is 16.6 Å². The number of nitrogens with zero attached hydrogens (tertiary/aromatic N) is 3. The number of benzene rings is 3. The molecule has 4 aromatic rings. The first kappa shape index (κ1) is 21.7. The molecule has 3 N–H and O–H groups in total. The maximum Gasteiger partial charge on any atom is 0.276 e. The molecular weight excluding hydrogens is 426 g/mol. The van der Waals surface area contributed by atoms with Crippen molar-refractivity contribution in [2.75, 3.05) is 12.5 Å². The highest BCUT2D eigenvalue weighted by atomic mass is 16.6. The minimum Gasteiger partial charge on any atom is -0.497 e. The number of fused-ring (bicyclic) bond motifs is 1. The van der Waals surface area contributed by atoms with Crippen LogP contribution in [0.2, 0.25) is 0 Å². The van der Waals surface area contributed by atoms with Crippen LogP contribution in [0.1, 0.15) is 17.4 Å². The first-order chi connectivity index (χ1) is 16.0. The first-order valence-electron chi connectivity index (χ1n) is 9.86. The van der Waals surface area contributed by atoms with Crippen LogP contribution in [0.25, 0.3) is 11.0 Å². The smallest absolute Gasteiger partial charge is 0.276 e. The number of aliphatic hydroxyl groups excluding tert-OH is 1. The maximum atomic E-state index is 12.9. The lowest BCUT2D eigenvalue weighted by Gasteiger charge is -2.15. The van der Waals surface area contributed by atoms with Crippen LogP contribution >= 0.6 is 0 Å². The molecule has 3 aromatic carbocycles. The van der Waals surface area contributed by atoms with E-state index in [1.165, 1.54) is 25.3 Å². The molecule has 0 saturated heterocycles. The monoisotopic (exact) mass is 445 g/mol. The second-order valence-corrected chi connectivity index (χ2v) is 7.02. The summed E-state index contributed by atoms with van der Waals surface area (Å²) in [7, 11) is 1.53. The first-order valence-corrected chi connectivity index (χ1v) is 9.86. The molecule has 10 heteroatoms. The molecule has 0 aliphatic heterocycles. The van der Waals surface area contributed by atoms with Crippen molar-refractivity contribution in [3.8, 4) is 5.75 Å². The largest absolute Gasteiger partial charge is 0.497 e. The number of anilines is 1. The van der Waals surface area contributed by atoms with Crippen molar-refractivity contribution >= 4 is 28.1 Å². The Kier molecular flexibility index (Phi) is 6.09. The number of hydrazone groups is 1. The lowest BCUT2D eigenvalue weighted by Crippen LogP contribution is -2.26. The topological polar surface area (TPSA) is 143 Å². The standard InChI is InChI=1S/C23H19N5O5/c1-33-17-10-7-14(8-11-17)22(29)20(27-26-15-5-3-2-4-6-15)21-23(30)25-19-13-16(28(31)32)9-12-18(19)24-21/h2-13,22,26,29H,1H3,(H,25,30)/b27-20+/t22-/m1/s1. The van der Waals surface area contributed by atoms with Gasteiger partial charge in [0.15, 0.2) is 5.69 Å². The van der Waals surface area contributed by atoms with Gasteiger partial charge in [-0.05, 0) is 35.9 Å². The van der Waals surface area contributed by atoms with Gasteiger partial charge in [-0.1, -0.05) is 30.3 Å². The number of ether oxygens (including phenoxy) is 1. The van der Waals surface area contributed by atoms with Crippen molar-refractivity contribution in [1.82, 2.24) is 9.97 Å². The number of aromatic nitrogens is 2. The Balaban J connectivity index is 1.81. The summed E-state index contributed by atoms with van der Waals surface area (Å²) in [6, 6.07) is 19.6. The van der Waals surface area contributed by atoms with E-state index in [-0.39, 0.29) is 22.6 Å². The minimum absolute atomic E-state index is 0.0227. The van der Waals surface area contributed by atoms with Crippen LogP contribution in [0.15, 0.2) is 82.7 Å². The number of aromatic amines is 1. The average molecular weight is 445 g/mol. The summed E-state index contributed by atoms with van der Waals surface area (Å²) in [5.74, 6) is 0.607. The van der Waals surface area contributed by atoms with Crippen molar-refractivity contribution in [1.29, 1.82) is 0 Å². The van der Waals surface area contributed by atoms with Crippen LogP contribution < -0.4 is 15.7 Å². The van der Waals surface area contributed by atoms with Gasteiger partial charge < -0.3 is 14.8 Å². The van der Waals surface area contributed by atoms with Gasteiger partial charge in [-0.25, -0.2) is 4.98 Å². The quantitative estimate of drug-likeness (QED) is 0.225. The van der Waals surface area contributed by atoms with Gasteiger partial charge in [-0.15, -0.1) is 0 Å². The van der Waals surface area contributed by atoms with Crippen LogP contribution in [-0.4, -0.2) is 32.8 Å². The summed E-state index contributed by atoms with van der Waals surface area (Å²) < 4.78 is 5.15. The zero-order valence-electron chi connectivity index (χ0n) is 17.4. The highest BCUT2D eigenvalue weighted by Crippen LogP contribution is 2.22. The van der Waals surface area contributed by atoms with E-state index in [2.05, 4.69) is 20.5 Å². The SMILES string of the molecule is COc1ccc([C@@H](O)/C(=N/Nc2ccccc2)c2nc3ccc([N+](=O)[O-])cc3[nH]c2=O)cc1. The van der Waals surface area contributed by atoms with E-state index in [0.29, 0.717) is 22.5 Å². The molecule has 166 valence electrons. The number of nitro benzene ring substituents is 1. The van der Waals surface area contributed by atoms with Crippen LogP contribution in [0.4, 0.5) is 11.4 Å². The summed E-state index contributed by atoms with van der Waals surface area (Å²) in [6.07, 6.45) is -1.30. The number of nitro groups is 1. The van der Waals surface area contributed by atoms with Crippen LogP contribution in [0.5, 0.6) is 5.75 Å². The molecular formula is C23H19N5O5. The molecule has 1 atom stereocenters. The Morgan fingerprint density at radius 2 is 1.88 bits per heavy atom. The number of para-hydroxylation sites is 1. The second kappa shape index (κ2) is 9.28. The number of non-ortho nitro benzene ring substituents is 1. The number of hydrogen-bond acceptors (Lipinski definition) is 8. The fraction of sp³-hybridized carbons (Fsp3) is 0.0870. The highest BCUT2D eigenvalue weighted by molar-refractivity contribution is 6.03. The molecule has 1 heterocycles. The molecule has 10 nitrogen and oxygen atoms in total. The number of nitrogens with one attached hydrogen (secondary N) is 2. The molecule has 0 fully saturated rings. The fourth-order valence-corrected chi connectivity index (χ4v) is 3.19. The molecule has 4 rings (SSSR count). The van der Waals surface area contributed by atoms with Gasteiger partial charge in [0.2, 0.25) is 0 Å². The number of rotatable bonds is 7. The van der Waals surface area contributed by atoms with E-state index in [9.17, 15) is 20.0 Å². The van der Waals surface area contributed by atoms with Gasteiger partial charge in [0, 0.05) is 12.1 Å². The van der Waals surface area contributed by atoms with Crippen molar-refractivity contribution in [3.05, 3.63) is 105 Å². The predicted molar refractivity (Wildman–Crippen MR) is 124 cm³/mol. The summed E-state index contributed by atoms with van der Waals surface area (Å²) >= 11 is 0. The Hall–Kier alpha value is -4.57. The van der Waals surface area contributed by atoms with Crippen molar-refractivity contribution in [2.24, 2.45) is 5.10 Å². The van der Waals surface area contributed by atoms with Crippen LogP contribution in [0.3, 0.4) is 0 Å². The highest BCUT2D eigenvalue weighted by Gasteiger charge is 2.23. The summed E-state index contributed by atoms with van der Waals surface area (Å²) in [5.41, 5.74) is 3.49. The lowest BCUT2D eigenvalue weighted by atomic mass is 10.0. The van der Waals surface area contributed by atoms with E-state index in [4.69, 9.17) is 4.74 Å². The van der Waals surface area contributed by atoms with Crippen LogP contribution in [-0.2, 0) is 0 Å². The molecule has 0 spiro atoms. The average Bonchev–Trinajstić information content (AvgIpc) is 2.84. The third-order valence-electron chi connectivity index (χ3n) is 4.90. The number of hydrogen-bond donors (Lipinski definition) is 3. The van der Waals surface area contributed by atoms with Crippen molar-refractivity contribution in [3.63, 3.8) is 0 Å². The van der Waals surface area contributed by atoms with E-state index in [0.717, 1.165) is 0 Å². The maximum absolute atomic E-state index is 12.9. The molecule has 0 saturated carbocycles. The van der Waals surface area contributed by atoms with Gasteiger partial charge in [-0.3, -0.25) is 20.3 Å². The third-order valence-corrected chi connectivity index (χ3v) is 4.90. The number of H-pyrrole nitrogens is 1. The molecule has 0 bridgehead atoms. The van der Waals surface area contributed by atoms with E-state index >= 15 is 0 Å². The fourth-order valence-electron chi connectivity index (χ4n) is 3.19. The van der Waals surface area contributed by atoms with Gasteiger partial charge in [0.1, 0.15) is 17.6 Å². The van der Waals surface area contributed by atoms with Crippen molar-refractivity contribution < 1.29 is 14.8 Å². The molecule has 0 aliphatic carbocycles. The summed E-state index contributed by atoms with van der Waals surface area (Å²) in [4.78, 5) is 30.3. The Morgan fingerprint density at radius 3 is 2.55 bits per heavy atom. The predicted octanol–water partition coefficient (Wildman–Crippen LogP) is 3.39. The molecule has 1 aromatic heterocycles. The second-order valence-electron chi connectivity index (χ2n) is 7.02. The lowest BCUT2D eigenvalue weighted by molar-refractivity contribution is -0.384. The van der Waals surface area contributed by atoms with Gasteiger partial charge in [-0.2, -0.15) is 5.10 Å². The number of methoxy groups -OCH3 is 1. The van der Waals surface area contributed by atoms with Gasteiger partial charge in [0.25, 0.3) is 11.2 Å². The molecule has 0 unspecified atom stereocenters. The van der Waals surface area contributed by atoms with E-state index in [1.54, 1.807) is 36.4 Å². The molecule has 33 heavy (non-hydrogen) atoms. The third kappa shape index (κ3) is 4.70. The molecule has 0 aliphatic rings. The van der Waals surface area contributed by atoms with E-state index in [1.807, 2.05) is 18.2 Å².